The number of carbonyl (C=O) groups is 2. The molecule has 18 heavy (non-hydrogen) atoms. The van der Waals surface area contributed by atoms with Crippen LogP contribution in [0.5, 0.6) is 0 Å². The molecule has 0 aromatic rings. The SMILES string of the molecule is O=C1NC(=O)C2(CCC(C3CCCCC3)CC2)N1. The first-order valence-electron chi connectivity index (χ1n) is 7.33. The van der Waals surface area contributed by atoms with Crippen molar-refractivity contribution in [3.05, 3.63) is 0 Å². The second-order valence-electron chi connectivity index (χ2n) is 6.23. The van der Waals surface area contributed by atoms with Crippen LogP contribution in [0.2, 0.25) is 0 Å². The zero-order chi connectivity index (χ0) is 12.6. The Morgan fingerprint density at radius 2 is 1.50 bits per heavy atom. The molecule has 0 bridgehead atoms. The van der Waals surface area contributed by atoms with Gasteiger partial charge >= 0.3 is 6.03 Å². The molecule has 4 nitrogen and oxygen atoms in total. The molecule has 0 radical (unpaired) electrons. The molecule has 4 heteroatoms. The molecule has 0 aromatic carbocycles. The monoisotopic (exact) mass is 250 g/mol. The Kier molecular flexibility index (Phi) is 3.04. The maximum absolute atomic E-state index is 11.9. The van der Waals surface area contributed by atoms with Crippen molar-refractivity contribution in [2.45, 2.75) is 63.3 Å². The number of rotatable bonds is 1. The largest absolute Gasteiger partial charge is 0.323 e. The van der Waals surface area contributed by atoms with Gasteiger partial charge in [-0.1, -0.05) is 32.1 Å². The highest BCUT2D eigenvalue weighted by atomic mass is 16.2. The van der Waals surface area contributed by atoms with E-state index < -0.39 is 5.54 Å². The number of hydrogen-bond acceptors (Lipinski definition) is 2. The Hall–Kier alpha value is -1.06. The van der Waals surface area contributed by atoms with E-state index in [-0.39, 0.29) is 11.9 Å². The molecule has 1 spiro atoms. The van der Waals surface area contributed by atoms with E-state index >= 15 is 0 Å². The van der Waals surface area contributed by atoms with E-state index in [2.05, 4.69) is 10.6 Å². The third-order valence-electron chi connectivity index (χ3n) is 5.21. The fourth-order valence-electron chi connectivity index (χ4n) is 4.09. The minimum Gasteiger partial charge on any atom is -0.323 e. The summed E-state index contributed by atoms with van der Waals surface area (Å²) < 4.78 is 0. The van der Waals surface area contributed by atoms with Crippen molar-refractivity contribution >= 4 is 11.9 Å². The van der Waals surface area contributed by atoms with Gasteiger partial charge in [-0.15, -0.1) is 0 Å². The molecule has 1 heterocycles. The Balaban J connectivity index is 1.60. The molecule has 2 N–H and O–H groups in total. The Morgan fingerprint density at radius 1 is 0.889 bits per heavy atom. The topological polar surface area (TPSA) is 58.2 Å². The summed E-state index contributed by atoms with van der Waals surface area (Å²) in [6.45, 7) is 0. The molecule has 100 valence electrons. The minimum absolute atomic E-state index is 0.102. The van der Waals surface area contributed by atoms with Gasteiger partial charge in [0.05, 0.1) is 0 Å². The summed E-state index contributed by atoms with van der Waals surface area (Å²) in [5.41, 5.74) is -0.567. The fraction of sp³-hybridized carbons (Fsp3) is 0.857. The molecule has 0 aromatic heterocycles. The van der Waals surface area contributed by atoms with Crippen molar-refractivity contribution in [3.63, 3.8) is 0 Å². The summed E-state index contributed by atoms with van der Waals surface area (Å²) in [4.78, 5) is 23.1. The lowest BCUT2D eigenvalue weighted by molar-refractivity contribution is -0.125. The van der Waals surface area contributed by atoms with Crippen molar-refractivity contribution in [2.24, 2.45) is 11.8 Å². The number of carbonyl (C=O) groups excluding carboxylic acids is 2. The van der Waals surface area contributed by atoms with Crippen molar-refractivity contribution in [1.82, 2.24) is 10.6 Å². The number of nitrogens with one attached hydrogen (secondary N) is 2. The number of amides is 3. The first-order chi connectivity index (χ1) is 8.70. The van der Waals surface area contributed by atoms with Gasteiger partial charge in [-0.2, -0.15) is 0 Å². The average Bonchev–Trinajstić information content (AvgIpc) is 2.66. The van der Waals surface area contributed by atoms with E-state index in [9.17, 15) is 9.59 Å². The molecule has 2 aliphatic carbocycles. The summed E-state index contributed by atoms with van der Waals surface area (Å²) in [5, 5.41) is 5.23. The van der Waals surface area contributed by atoms with E-state index in [0.717, 1.165) is 37.5 Å². The first kappa shape index (κ1) is 12.0. The normalized spacial score (nSPS) is 37.7. The molecule has 3 rings (SSSR count). The van der Waals surface area contributed by atoms with Crippen LogP contribution in [0, 0.1) is 11.8 Å². The highest BCUT2D eigenvalue weighted by Gasteiger charge is 2.48. The van der Waals surface area contributed by atoms with Crippen LogP contribution in [0.3, 0.4) is 0 Å². The Morgan fingerprint density at radius 3 is 2.06 bits per heavy atom. The van der Waals surface area contributed by atoms with Gasteiger partial charge in [0.15, 0.2) is 0 Å². The van der Waals surface area contributed by atoms with Gasteiger partial charge in [-0.3, -0.25) is 10.1 Å². The second kappa shape index (κ2) is 4.56. The summed E-state index contributed by atoms with van der Waals surface area (Å²) in [6.07, 6.45) is 10.7. The summed E-state index contributed by atoms with van der Waals surface area (Å²) in [6, 6.07) is -0.309. The van der Waals surface area contributed by atoms with Crippen molar-refractivity contribution in [1.29, 1.82) is 0 Å². The Labute approximate surface area is 108 Å². The lowest BCUT2D eigenvalue weighted by atomic mass is 9.68. The van der Waals surface area contributed by atoms with Gasteiger partial charge in [-0.25, -0.2) is 4.79 Å². The van der Waals surface area contributed by atoms with Gasteiger partial charge in [0.25, 0.3) is 5.91 Å². The third-order valence-corrected chi connectivity index (χ3v) is 5.21. The van der Waals surface area contributed by atoms with Crippen LogP contribution in [0.25, 0.3) is 0 Å². The van der Waals surface area contributed by atoms with Crippen LogP contribution in [0.15, 0.2) is 0 Å². The van der Waals surface area contributed by atoms with Crippen molar-refractivity contribution in [3.8, 4) is 0 Å². The summed E-state index contributed by atoms with van der Waals surface area (Å²) in [7, 11) is 0. The van der Waals surface area contributed by atoms with Crippen LogP contribution in [-0.4, -0.2) is 17.5 Å². The van der Waals surface area contributed by atoms with Gasteiger partial charge in [0, 0.05) is 0 Å². The van der Waals surface area contributed by atoms with Crippen LogP contribution in [-0.2, 0) is 4.79 Å². The number of imide groups is 1. The van der Waals surface area contributed by atoms with E-state index in [1.165, 1.54) is 32.1 Å². The Bertz CT molecular complexity index is 353. The maximum atomic E-state index is 11.9. The molecule has 0 unspecified atom stereocenters. The molecule has 2 saturated carbocycles. The highest BCUT2D eigenvalue weighted by Crippen LogP contribution is 2.42. The summed E-state index contributed by atoms with van der Waals surface area (Å²) in [5.74, 6) is 1.55. The molecule has 3 fully saturated rings. The zero-order valence-electron chi connectivity index (χ0n) is 10.8. The molecule has 1 saturated heterocycles. The van der Waals surface area contributed by atoms with Crippen LogP contribution >= 0.6 is 0 Å². The molecular weight excluding hydrogens is 228 g/mol. The van der Waals surface area contributed by atoms with Crippen molar-refractivity contribution in [2.75, 3.05) is 0 Å². The van der Waals surface area contributed by atoms with E-state index in [0.29, 0.717) is 0 Å². The maximum Gasteiger partial charge on any atom is 0.322 e. The van der Waals surface area contributed by atoms with E-state index in [1.54, 1.807) is 0 Å². The minimum atomic E-state index is -0.567. The first-order valence-corrected chi connectivity index (χ1v) is 7.33. The second-order valence-corrected chi connectivity index (χ2v) is 6.23. The summed E-state index contributed by atoms with van der Waals surface area (Å²) >= 11 is 0. The predicted molar refractivity (Wildman–Crippen MR) is 67.9 cm³/mol. The van der Waals surface area contributed by atoms with Crippen LogP contribution < -0.4 is 10.6 Å². The van der Waals surface area contributed by atoms with Crippen molar-refractivity contribution < 1.29 is 9.59 Å². The standard InChI is InChI=1S/C14H22N2O2/c17-12-14(16-13(18)15-12)8-6-11(7-9-14)10-4-2-1-3-5-10/h10-11H,1-9H2,(H2,15,16,17,18). The van der Waals surface area contributed by atoms with Crippen LogP contribution in [0.4, 0.5) is 4.79 Å². The third kappa shape index (κ3) is 2.02. The fourth-order valence-corrected chi connectivity index (χ4v) is 4.09. The number of hydrogen-bond donors (Lipinski definition) is 2. The van der Waals surface area contributed by atoms with E-state index in [1.807, 2.05) is 0 Å². The van der Waals surface area contributed by atoms with E-state index in [4.69, 9.17) is 0 Å². The lowest BCUT2D eigenvalue weighted by Crippen LogP contribution is -2.50. The highest BCUT2D eigenvalue weighted by molar-refractivity contribution is 6.07. The average molecular weight is 250 g/mol. The molecule has 3 aliphatic rings. The van der Waals surface area contributed by atoms with Crippen LogP contribution in [0.1, 0.15) is 57.8 Å². The zero-order valence-corrected chi connectivity index (χ0v) is 10.8. The van der Waals surface area contributed by atoms with Gasteiger partial charge in [0.1, 0.15) is 5.54 Å². The molecule has 0 atom stereocenters. The lowest BCUT2D eigenvalue weighted by Gasteiger charge is -2.39. The molecule has 1 aliphatic heterocycles. The van der Waals surface area contributed by atoms with Gasteiger partial charge < -0.3 is 5.32 Å². The quantitative estimate of drug-likeness (QED) is 0.702. The van der Waals surface area contributed by atoms with Gasteiger partial charge in [0.2, 0.25) is 0 Å². The predicted octanol–water partition coefficient (Wildman–Crippen LogP) is 2.34. The molecule has 3 amide bonds. The van der Waals surface area contributed by atoms with Gasteiger partial charge in [-0.05, 0) is 37.5 Å². The molecular formula is C14H22N2O2. The number of urea groups is 1. The smallest absolute Gasteiger partial charge is 0.322 e.